The van der Waals surface area contributed by atoms with Gasteiger partial charge in [0.1, 0.15) is 0 Å². The van der Waals surface area contributed by atoms with Crippen LogP contribution in [0.5, 0.6) is 0 Å². The van der Waals surface area contributed by atoms with Crippen molar-refractivity contribution in [2.45, 2.75) is 44.5 Å². The van der Waals surface area contributed by atoms with Crippen molar-refractivity contribution in [2.24, 2.45) is 0 Å². The molecule has 0 fully saturated rings. The minimum atomic E-state index is -2.48. The topological polar surface area (TPSA) is 60.7 Å². The van der Waals surface area contributed by atoms with Gasteiger partial charge in [-0.2, -0.15) is 0 Å². The van der Waals surface area contributed by atoms with Crippen molar-refractivity contribution in [2.75, 3.05) is 5.88 Å². The third-order valence-corrected chi connectivity index (χ3v) is 1.91. The van der Waals surface area contributed by atoms with E-state index in [2.05, 4.69) is 0 Å². The summed E-state index contributed by atoms with van der Waals surface area (Å²) in [5.41, 5.74) is 0. The van der Waals surface area contributed by atoms with E-state index in [0.717, 1.165) is 25.7 Å². The van der Waals surface area contributed by atoms with Crippen LogP contribution >= 0.6 is 11.6 Å². The molecule has 12 heavy (non-hydrogen) atoms. The van der Waals surface area contributed by atoms with Crippen molar-refractivity contribution in [3.8, 4) is 0 Å². The maximum Gasteiger partial charge on any atom is 0.275 e. The van der Waals surface area contributed by atoms with Crippen LogP contribution in [0.25, 0.3) is 0 Å². The minimum Gasteiger partial charge on any atom is -0.344 e. The molecule has 0 aromatic carbocycles. The molecule has 0 aliphatic carbocycles. The van der Waals surface area contributed by atoms with Gasteiger partial charge in [-0.15, -0.1) is 11.6 Å². The van der Waals surface area contributed by atoms with Gasteiger partial charge in [0, 0.05) is 12.3 Å². The van der Waals surface area contributed by atoms with Crippen LogP contribution in [-0.4, -0.2) is 27.2 Å². The summed E-state index contributed by atoms with van der Waals surface area (Å²) in [4.78, 5) is 0. The molecule has 0 unspecified atom stereocenters. The summed E-state index contributed by atoms with van der Waals surface area (Å²) in [6, 6.07) is 0. The molecule has 0 aromatic heterocycles. The summed E-state index contributed by atoms with van der Waals surface area (Å²) >= 11 is 5.47. The van der Waals surface area contributed by atoms with Crippen LogP contribution in [-0.2, 0) is 0 Å². The Labute approximate surface area is 78.0 Å². The molecular weight excluding hydrogens is 180 g/mol. The van der Waals surface area contributed by atoms with Gasteiger partial charge in [0.15, 0.2) is 0 Å². The van der Waals surface area contributed by atoms with E-state index in [4.69, 9.17) is 26.9 Å². The van der Waals surface area contributed by atoms with E-state index < -0.39 is 5.97 Å². The monoisotopic (exact) mass is 196 g/mol. The molecule has 0 bridgehead atoms. The average Bonchev–Trinajstić information content (AvgIpc) is 1.94. The van der Waals surface area contributed by atoms with Crippen LogP contribution in [0, 0.1) is 0 Å². The van der Waals surface area contributed by atoms with Gasteiger partial charge >= 0.3 is 0 Å². The molecule has 0 heterocycles. The standard InChI is InChI=1S/C8H17ClO3/c9-7-5-3-1-2-4-6-8(10,11)12/h10-12H,1-7H2. The normalized spacial score (nSPS) is 12.0. The molecule has 74 valence electrons. The number of hydrogen-bond donors (Lipinski definition) is 3. The first-order valence-electron chi connectivity index (χ1n) is 4.29. The van der Waals surface area contributed by atoms with E-state index in [9.17, 15) is 0 Å². The summed E-state index contributed by atoms with van der Waals surface area (Å²) in [5, 5.41) is 25.5. The summed E-state index contributed by atoms with van der Waals surface area (Å²) in [5.74, 6) is -1.80. The lowest BCUT2D eigenvalue weighted by Crippen LogP contribution is -2.26. The van der Waals surface area contributed by atoms with Crippen LogP contribution in [0.2, 0.25) is 0 Å². The van der Waals surface area contributed by atoms with Gasteiger partial charge in [-0.05, 0) is 12.8 Å². The first-order chi connectivity index (χ1) is 5.56. The molecule has 0 radical (unpaired) electrons. The lowest BCUT2D eigenvalue weighted by atomic mass is 10.1. The van der Waals surface area contributed by atoms with Gasteiger partial charge in [0.25, 0.3) is 5.97 Å². The fraction of sp³-hybridized carbons (Fsp3) is 1.00. The number of unbranched alkanes of at least 4 members (excludes halogenated alkanes) is 4. The molecule has 0 atom stereocenters. The molecule has 3 nitrogen and oxygen atoms in total. The fourth-order valence-corrected chi connectivity index (χ4v) is 1.18. The molecule has 3 N–H and O–H groups in total. The fourth-order valence-electron chi connectivity index (χ4n) is 0.987. The molecule has 0 amide bonds. The second kappa shape index (κ2) is 6.66. The highest BCUT2D eigenvalue weighted by molar-refractivity contribution is 6.17. The summed E-state index contributed by atoms with van der Waals surface area (Å²) in [6.45, 7) is 0. The highest BCUT2D eigenvalue weighted by atomic mass is 35.5. The zero-order chi connectivity index (χ0) is 9.45. The summed E-state index contributed by atoms with van der Waals surface area (Å²) in [6.07, 6.45) is 4.66. The third kappa shape index (κ3) is 10.2. The summed E-state index contributed by atoms with van der Waals surface area (Å²) < 4.78 is 0. The van der Waals surface area contributed by atoms with Crippen molar-refractivity contribution in [3.05, 3.63) is 0 Å². The predicted molar refractivity (Wildman–Crippen MR) is 47.8 cm³/mol. The number of hydrogen-bond acceptors (Lipinski definition) is 3. The molecule has 0 saturated heterocycles. The highest BCUT2D eigenvalue weighted by Crippen LogP contribution is 2.10. The molecule has 4 heteroatoms. The Balaban J connectivity index is 3.01. The van der Waals surface area contributed by atoms with E-state index in [1.807, 2.05) is 0 Å². The average molecular weight is 197 g/mol. The van der Waals surface area contributed by atoms with Gasteiger partial charge < -0.3 is 15.3 Å². The molecule has 0 rings (SSSR count). The lowest BCUT2D eigenvalue weighted by Gasteiger charge is -2.12. The largest absolute Gasteiger partial charge is 0.344 e. The molecule has 0 spiro atoms. The van der Waals surface area contributed by atoms with Crippen LogP contribution in [0.3, 0.4) is 0 Å². The van der Waals surface area contributed by atoms with Gasteiger partial charge in [-0.3, -0.25) is 0 Å². The zero-order valence-electron chi connectivity index (χ0n) is 7.17. The van der Waals surface area contributed by atoms with Crippen LogP contribution in [0.4, 0.5) is 0 Å². The Bertz CT molecular complexity index is 101. The first-order valence-corrected chi connectivity index (χ1v) is 4.83. The van der Waals surface area contributed by atoms with Crippen molar-refractivity contribution >= 4 is 11.6 Å². The first kappa shape index (κ1) is 12.2. The molecule has 0 aliphatic heterocycles. The van der Waals surface area contributed by atoms with Crippen molar-refractivity contribution < 1.29 is 15.3 Å². The molecular formula is C8H17ClO3. The molecule has 0 aliphatic rings. The van der Waals surface area contributed by atoms with E-state index >= 15 is 0 Å². The van der Waals surface area contributed by atoms with Gasteiger partial charge in [-0.1, -0.05) is 19.3 Å². The maximum atomic E-state index is 8.51. The minimum absolute atomic E-state index is 0.0217. The van der Waals surface area contributed by atoms with Gasteiger partial charge in [0.05, 0.1) is 0 Å². The van der Waals surface area contributed by atoms with Crippen molar-refractivity contribution in [3.63, 3.8) is 0 Å². The SMILES string of the molecule is OC(O)(O)CCCCCCCCl. The third-order valence-electron chi connectivity index (χ3n) is 1.65. The van der Waals surface area contributed by atoms with Crippen LogP contribution in [0.15, 0.2) is 0 Å². The Morgan fingerprint density at radius 1 is 0.833 bits per heavy atom. The Morgan fingerprint density at radius 2 is 1.33 bits per heavy atom. The Kier molecular flexibility index (Phi) is 6.76. The number of aliphatic hydroxyl groups is 3. The van der Waals surface area contributed by atoms with Crippen LogP contribution in [0.1, 0.15) is 38.5 Å². The Morgan fingerprint density at radius 3 is 1.83 bits per heavy atom. The quantitative estimate of drug-likeness (QED) is 0.326. The smallest absolute Gasteiger partial charge is 0.275 e. The summed E-state index contributed by atoms with van der Waals surface area (Å²) in [7, 11) is 0. The lowest BCUT2D eigenvalue weighted by molar-refractivity contribution is -0.315. The molecule has 0 saturated carbocycles. The van der Waals surface area contributed by atoms with Gasteiger partial charge in [0.2, 0.25) is 0 Å². The van der Waals surface area contributed by atoms with E-state index in [0.29, 0.717) is 12.3 Å². The highest BCUT2D eigenvalue weighted by Gasteiger charge is 2.16. The number of halogens is 1. The second-order valence-electron chi connectivity index (χ2n) is 2.98. The number of alkyl halides is 1. The van der Waals surface area contributed by atoms with Gasteiger partial charge in [-0.25, -0.2) is 0 Å². The molecule has 0 aromatic rings. The van der Waals surface area contributed by atoms with E-state index in [1.54, 1.807) is 0 Å². The van der Waals surface area contributed by atoms with Crippen LogP contribution < -0.4 is 0 Å². The number of rotatable bonds is 7. The zero-order valence-corrected chi connectivity index (χ0v) is 7.93. The van der Waals surface area contributed by atoms with E-state index in [1.165, 1.54) is 0 Å². The second-order valence-corrected chi connectivity index (χ2v) is 3.36. The van der Waals surface area contributed by atoms with Crippen molar-refractivity contribution in [1.29, 1.82) is 0 Å². The maximum absolute atomic E-state index is 8.51. The van der Waals surface area contributed by atoms with E-state index in [-0.39, 0.29) is 6.42 Å². The Hall–Kier alpha value is 0.170. The van der Waals surface area contributed by atoms with Crippen molar-refractivity contribution in [1.82, 2.24) is 0 Å². The predicted octanol–water partition coefficient (Wildman–Crippen LogP) is 1.20.